The first-order chi connectivity index (χ1) is 24.4. The van der Waals surface area contributed by atoms with E-state index in [1.165, 1.54) is 64.7 Å². The Morgan fingerprint density at radius 2 is 1.63 bits per heavy atom. The van der Waals surface area contributed by atoms with Gasteiger partial charge in [-0.1, -0.05) is 65.5 Å². The summed E-state index contributed by atoms with van der Waals surface area (Å²) in [4.78, 5) is 11.6. The molecule has 4 aliphatic carbocycles. The summed E-state index contributed by atoms with van der Waals surface area (Å²) >= 11 is 0. The molecule has 5 rings (SSSR count). The number of carbonyl (C=O) groups excluding carboxylic acids is 1. The van der Waals surface area contributed by atoms with E-state index in [1.54, 1.807) is 5.57 Å². The first kappa shape index (κ1) is 41.1. The molecule has 1 heterocycles. The second-order valence-electron chi connectivity index (χ2n) is 17.6. The van der Waals surface area contributed by atoms with Gasteiger partial charge in [-0.3, -0.25) is 4.79 Å². The highest BCUT2D eigenvalue weighted by atomic mass is 16.7. The highest BCUT2D eigenvalue weighted by Crippen LogP contribution is 2.67. The Labute approximate surface area is 307 Å². The zero-order valence-corrected chi connectivity index (χ0v) is 32.5. The van der Waals surface area contributed by atoms with Crippen molar-refractivity contribution >= 4 is 5.91 Å². The van der Waals surface area contributed by atoms with E-state index in [-0.39, 0.29) is 19.3 Å². The molecule has 10 heteroatoms. The molecular formula is C41H71NO9. The smallest absolute Gasteiger partial charge is 0.217 e. The van der Waals surface area contributed by atoms with Crippen molar-refractivity contribution in [3.63, 3.8) is 0 Å². The van der Waals surface area contributed by atoms with E-state index in [0.717, 1.165) is 48.3 Å². The topological polar surface area (TPSA) is 136 Å². The maximum absolute atomic E-state index is 11.6. The minimum absolute atomic E-state index is 0.140. The van der Waals surface area contributed by atoms with Crippen LogP contribution >= 0.6 is 0 Å². The summed E-state index contributed by atoms with van der Waals surface area (Å²) in [6, 6.07) is -0.963. The van der Waals surface area contributed by atoms with Gasteiger partial charge in [-0.15, -0.1) is 0 Å². The maximum atomic E-state index is 11.6. The molecule has 0 bridgehead atoms. The lowest BCUT2D eigenvalue weighted by molar-refractivity contribution is -0.272. The molecule has 1 amide bonds. The number of carbonyl (C=O) groups is 1. The molecule has 0 radical (unpaired) electrons. The summed E-state index contributed by atoms with van der Waals surface area (Å²) in [5, 5.41) is 32.5. The first-order valence-corrected chi connectivity index (χ1v) is 20.4. The van der Waals surface area contributed by atoms with Crippen LogP contribution in [-0.4, -0.2) is 104 Å². The van der Waals surface area contributed by atoms with E-state index in [0.29, 0.717) is 37.3 Å². The van der Waals surface area contributed by atoms with Gasteiger partial charge >= 0.3 is 0 Å². The first-order valence-electron chi connectivity index (χ1n) is 20.4. The standard InChI is InChI=1S/C41H71NO9/c1-26(2)8-7-9-27(3)32-12-13-33-31-11-10-29-24-30(14-16-40(29,5)34(31)15-17-41(32,33)6)49-22-20-47-18-19-48-21-23-50-39-36(42-28(4)44)38(46)37(45)35(25-43)51-39/h10,26-27,30-39,43,45-46H,7-9,11-25H2,1-6H3,(H,42,44)/t27-,30?,31+,32-,33+,34+,35-,36-,37-,38-,39-,40+,41-/m1/s1. The number of amides is 1. The Balaban J connectivity index is 0.973. The Kier molecular flexibility index (Phi) is 14.9. The predicted molar refractivity (Wildman–Crippen MR) is 196 cm³/mol. The molecule has 1 saturated heterocycles. The number of hydrogen-bond donors (Lipinski definition) is 4. The van der Waals surface area contributed by atoms with Gasteiger partial charge in [0.2, 0.25) is 5.91 Å². The Hall–Kier alpha value is -1.11. The van der Waals surface area contributed by atoms with E-state index in [4.69, 9.17) is 23.7 Å². The lowest BCUT2D eigenvalue weighted by atomic mass is 9.47. The Morgan fingerprint density at radius 3 is 2.31 bits per heavy atom. The molecular weight excluding hydrogens is 650 g/mol. The molecule has 4 fully saturated rings. The minimum Gasteiger partial charge on any atom is -0.394 e. The second-order valence-corrected chi connectivity index (χ2v) is 17.6. The Bertz CT molecular complexity index is 1130. The predicted octanol–water partition coefficient (Wildman–Crippen LogP) is 5.41. The van der Waals surface area contributed by atoms with Crippen LogP contribution in [0.2, 0.25) is 0 Å². The van der Waals surface area contributed by atoms with Crippen LogP contribution in [0, 0.1) is 46.3 Å². The molecule has 0 aromatic carbocycles. The number of rotatable bonds is 18. The Morgan fingerprint density at radius 1 is 0.922 bits per heavy atom. The van der Waals surface area contributed by atoms with E-state index in [9.17, 15) is 20.1 Å². The monoisotopic (exact) mass is 722 g/mol. The van der Waals surface area contributed by atoms with Crippen molar-refractivity contribution < 1.29 is 43.8 Å². The molecule has 0 aromatic heterocycles. The van der Waals surface area contributed by atoms with Crippen molar-refractivity contribution in [1.82, 2.24) is 5.32 Å². The third-order valence-electron chi connectivity index (χ3n) is 14.0. The fourth-order valence-corrected chi connectivity index (χ4v) is 11.2. The molecule has 0 spiro atoms. The lowest BCUT2D eigenvalue weighted by Crippen LogP contribution is -2.64. The maximum Gasteiger partial charge on any atom is 0.217 e. The van der Waals surface area contributed by atoms with Crippen molar-refractivity contribution in [3.05, 3.63) is 11.6 Å². The van der Waals surface area contributed by atoms with Crippen LogP contribution < -0.4 is 5.32 Å². The molecule has 4 N–H and O–H groups in total. The second kappa shape index (κ2) is 18.5. The van der Waals surface area contributed by atoms with Crippen LogP contribution in [0.25, 0.3) is 0 Å². The van der Waals surface area contributed by atoms with Gasteiger partial charge in [0, 0.05) is 6.92 Å². The SMILES string of the molecule is CC(=O)N[C@H]1[C@H](OCCOCCOCCOC2CC[C@@]3(C)C(=CC[C@H]4[C@@H]5CC[C@H]([C@H](C)CCCC(C)C)[C@@]5(C)CC[C@@H]43)C2)O[C@H](CO)[C@@H](O)[C@@H]1O. The van der Waals surface area contributed by atoms with Gasteiger partial charge in [0.15, 0.2) is 6.29 Å². The van der Waals surface area contributed by atoms with Gasteiger partial charge in [0.1, 0.15) is 24.4 Å². The van der Waals surface area contributed by atoms with Crippen molar-refractivity contribution in [2.45, 2.75) is 149 Å². The summed E-state index contributed by atoms with van der Waals surface area (Å²) in [5.74, 6) is 4.75. The number of aliphatic hydroxyl groups excluding tert-OH is 3. The van der Waals surface area contributed by atoms with Crippen molar-refractivity contribution in [1.29, 1.82) is 0 Å². The van der Waals surface area contributed by atoms with E-state index < -0.39 is 43.2 Å². The molecule has 13 atom stereocenters. The fourth-order valence-electron chi connectivity index (χ4n) is 11.2. The normalized spacial score (nSPS) is 39.9. The molecule has 1 unspecified atom stereocenters. The molecule has 1 aliphatic heterocycles. The van der Waals surface area contributed by atoms with Crippen LogP contribution in [-0.2, 0) is 28.5 Å². The minimum atomic E-state index is -1.34. The van der Waals surface area contributed by atoms with Crippen LogP contribution in [0.5, 0.6) is 0 Å². The van der Waals surface area contributed by atoms with Gasteiger partial charge in [0.25, 0.3) is 0 Å². The van der Waals surface area contributed by atoms with Crippen LogP contribution in [0.3, 0.4) is 0 Å². The van der Waals surface area contributed by atoms with E-state index in [2.05, 4.69) is 46.0 Å². The highest BCUT2D eigenvalue weighted by Gasteiger charge is 2.59. The van der Waals surface area contributed by atoms with Crippen LogP contribution in [0.15, 0.2) is 11.6 Å². The van der Waals surface area contributed by atoms with Crippen molar-refractivity contribution in [2.75, 3.05) is 46.2 Å². The third kappa shape index (κ3) is 9.59. The van der Waals surface area contributed by atoms with Gasteiger partial charge in [-0.05, 0) is 97.7 Å². The zero-order valence-electron chi connectivity index (χ0n) is 32.5. The van der Waals surface area contributed by atoms with Gasteiger partial charge in [-0.25, -0.2) is 0 Å². The average Bonchev–Trinajstić information content (AvgIpc) is 3.45. The molecule has 5 aliphatic rings. The molecule has 3 saturated carbocycles. The van der Waals surface area contributed by atoms with E-state index >= 15 is 0 Å². The van der Waals surface area contributed by atoms with E-state index in [1.807, 2.05) is 0 Å². The fraction of sp³-hybridized carbons (Fsp3) is 0.927. The van der Waals surface area contributed by atoms with Gasteiger partial charge in [0.05, 0.1) is 52.4 Å². The van der Waals surface area contributed by atoms with Crippen molar-refractivity contribution in [2.24, 2.45) is 46.3 Å². The van der Waals surface area contributed by atoms with Crippen LogP contribution in [0.1, 0.15) is 112 Å². The largest absolute Gasteiger partial charge is 0.394 e. The van der Waals surface area contributed by atoms with Crippen molar-refractivity contribution in [3.8, 4) is 0 Å². The summed E-state index contributed by atoms with van der Waals surface area (Å²) in [6.07, 6.45) is 12.8. The van der Waals surface area contributed by atoms with Crippen LogP contribution in [0.4, 0.5) is 0 Å². The number of hydrogen-bond acceptors (Lipinski definition) is 9. The quantitative estimate of drug-likeness (QED) is 0.108. The summed E-state index contributed by atoms with van der Waals surface area (Å²) in [6.45, 7) is 15.7. The van der Waals surface area contributed by atoms with Gasteiger partial charge in [-0.2, -0.15) is 0 Å². The summed E-state index contributed by atoms with van der Waals surface area (Å²) in [7, 11) is 0. The average molecular weight is 722 g/mol. The molecule has 51 heavy (non-hydrogen) atoms. The molecule has 294 valence electrons. The zero-order chi connectivity index (χ0) is 36.8. The molecule has 10 nitrogen and oxygen atoms in total. The van der Waals surface area contributed by atoms with Gasteiger partial charge < -0.3 is 44.3 Å². The number of ether oxygens (including phenoxy) is 5. The number of allylic oxidation sites excluding steroid dienone is 1. The third-order valence-corrected chi connectivity index (χ3v) is 14.0. The number of aliphatic hydroxyl groups is 3. The molecule has 0 aromatic rings. The summed E-state index contributed by atoms with van der Waals surface area (Å²) in [5.41, 5.74) is 2.52. The number of fused-ring (bicyclic) bond motifs is 5. The highest BCUT2D eigenvalue weighted by molar-refractivity contribution is 5.73. The summed E-state index contributed by atoms with van der Waals surface area (Å²) < 4.78 is 29.0. The lowest BCUT2D eigenvalue weighted by Gasteiger charge is -2.58. The number of nitrogens with one attached hydrogen (secondary N) is 1.